The minimum atomic E-state index is -0.797. The Morgan fingerprint density at radius 1 is 1.37 bits per heavy atom. The third kappa shape index (κ3) is 4.99. The largest absolute Gasteiger partial charge is 0.452 e. The number of hydrogen-bond acceptors (Lipinski definition) is 7. The van der Waals surface area contributed by atoms with Gasteiger partial charge in [0.1, 0.15) is 16.2 Å². The fourth-order valence-corrected chi connectivity index (χ4v) is 4.94. The summed E-state index contributed by atoms with van der Waals surface area (Å²) in [4.78, 5) is 33.9. The Morgan fingerprint density at radius 2 is 2.19 bits per heavy atom. The molecule has 146 valence electrons. The van der Waals surface area contributed by atoms with Crippen LogP contribution in [0.2, 0.25) is 0 Å². The predicted molar refractivity (Wildman–Crippen MR) is 108 cm³/mol. The first-order chi connectivity index (χ1) is 13.0. The molecule has 4 atom stereocenters. The van der Waals surface area contributed by atoms with Gasteiger partial charge in [-0.3, -0.25) is 9.59 Å². The summed E-state index contributed by atoms with van der Waals surface area (Å²) in [5, 5.41) is 6.69. The molecule has 1 saturated carbocycles. The number of ether oxygens (including phenoxy) is 1. The van der Waals surface area contributed by atoms with Gasteiger partial charge in [-0.2, -0.15) is 0 Å². The summed E-state index contributed by atoms with van der Waals surface area (Å²) in [7, 11) is 0. The van der Waals surface area contributed by atoms with Crippen LogP contribution in [0.5, 0.6) is 0 Å². The van der Waals surface area contributed by atoms with Crippen molar-refractivity contribution in [3.05, 3.63) is 17.8 Å². The van der Waals surface area contributed by atoms with Crippen LogP contribution in [0.4, 0.5) is 0 Å². The maximum absolute atomic E-state index is 12.4. The number of nitrogens with zero attached hydrogens (tertiary/aromatic N) is 2. The van der Waals surface area contributed by atoms with Gasteiger partial charge < -0.3 is 10.1 Å². The highest BCUT2D eigenvalue weighted by Crippen LogP contribution is 2.30. The second-order valence-corrected chi connectivity index (χ2v) is 8.98. The van der Waals surface area contributed by atoms with Crippen molar-refractivity contribution in [2.75, 3.05) is 5.75 Å². The van der Waals surface area contributed by atoms with Crippen LogP contribution in [0, 0.1) is 11.8 Å². The molecule has 0 bridgehead atoms. The molecule has 6 nitrogen and oxygen atoms in total. The second kappa shape index (κ2) is 9.01. The summed E-state index contributed by atoms with van der Waals surface area (Å²) < 4.78 is 5.32. The SMILES string of the molecule is C[C@@H]1[C@@H](C)CCC[C@H]1NC(=O)[C@@H](C)OC(=O)CSc1ncnc2sccc12. The zero-order chi connectivity index (χ0) is 19.4. The van der Waals surface area contributed by atoms with Crippen molar-refractivity contribution >= 4 is 45.2 Å². The van der Waals surface area contributed by atoms with E-state index in [0.717, 1.165) is 28.1 Å². The molecule has 2 aromatic heterocycles. The Balaban J connectivity index is 1.48. The molecule has 0 spiro atoms. The van der Waals surface area contributed by atoms with E-state index < -0.39 is 12.1 Å². The number of rotatable bonds is 6. The Labute approximate surface area is 167 Å². The van der Waals surface area contributed by atoms with Gasteiger partial charge in [0.25, 0.3) is 5.91 Å². The fraction of sp³-hybridized carbons (Fsp3) is 0.579. The van der Waals surface area contributed by atoms with Crippen molar-refractivity contribution in [2.45, 2.75) is 57.2 Å². The van der Waals surface area contributed by atoms with E-state index in [1.807, 2.05) is 11.4 Å². The highest BCUT2D eigenvalue weighted by atomic mass is 32.2. The number of fused-ring (bicyclic) bond motifs is 1. The lowest BCUT2D eigenvalue weighted by molar-refractivity contribution is -0.152. The van der Waals surface area contributed by atoms with E-state index >= 15 is 0 Å². The van der Waals surface area contributed by atoms with Crippen LogP contribution in [0.15, 0.2) is 22.8 Å². The number of hydrogen-bond donors (Lipinski definition) is 1. The molecule has 1 N–H and O–H groups in total. The summed E-state index contributed by atoms with van der Waals surface area (Å²) in [6, 6.07) is 2.10. The van der Waals surface area contributed by atoms with Gasteiger partial charge in [0.15, 0.2) is 6.10 Å². The molecule has 1 aliphatic carbocycles. The number of carbonyl (C=O) groups is 2. The average Bonchev–Trinajstić information content (AvgIpc) is 3.13. The van der Waals surface area contributed by atoms with Crippen molar-refractivity contribution < 1.29 is 14.3 Å². The summed E-state index contributed by atoms with van der Waals surface area (Å²) in [5.74, 6) is 0.500. The molecule has 8 heteroatoms. The first-order valence-electron chi connectivity index (χ1n) is 9.26. The third-order valence-electron chi connectivity index (χ3n) is 5.26. The molecule has 2 aromatic rings. The molecule has 0 aliphatic heterocycles. The zero-order valence-electron chi connectivity index (χ0n) is 15.8. The molecule has 2 heterocycles. The van der Waals surface area contributed by atoms with Crippen molar-refractivity contribution in [1.29, 1.82) is 0 Å². The molecule has 1 amide bonds. The lowest BCUT2D eigenvalue weighted by Crippen LogP contribution is -2.47. The van der Waals surface area contributed by atoms with Gasteiger partial charge in [-0.05, 0) is 36.6 Å². The summed E-state index contributed by atoms with van der Waals surface area (Å²) >= 11 is 2.84. The Hall–Kier alpha value is -1.67. The van der Waals surface area contributed by atoms with Gasteiger partial charge >= 0.3 is 5.97 Å². The molecule has 1 aliphatic rings. The quantitative estimate of drug-likeness (QED) is 0.447. The van der Waals surface area contributed by atoms with Gasteiger partial charge in [-0.25, -0.2) is 9.97 Å². The summed E-state index contributed by atoms with van der Waals surface area (Å²) in [6.45, 7) is 6.02. The van der Waals surface area contributed by atoms with Crippen molar-refractivity contribution in [3.8, 4) is 0 Å². The highest BCUT2D eigenvalue weighted by Gasteiger charge is 2.30. The first-order valence-corrected chi connectivity index (χ1v) is 11.1. The number of amides is 1. The molecule has 3 rings (SSSR count). The van der Waals surface area contributed by atoms with Gasteiger partial charge in [-0.15, -0.1) is 11.3 Å². The van der Waals surface area contributed by atoms with Crippen LogP contribution in [-0.2, 0) is 14.3 Å². The Bertz CT molecular complexity index is 810. The minimum Gasteiger partial charge on any atom is -0.452 e. The topological polar surface area (TPSA) is 81.2 Å². The number of carbonyl (C=O) groups excluding carboxylic acids is 2. The number of nitrogens with one attached hydrogen (secondary N) is 1. The molecule has 27 heavy (non-hydrogen) atoms. The standard InChI is InChI=1S/C19H25N3O3S2/c1-11-5-4-6-15(12(11)2)22-17(24)13(3)25-16(23)9-27-19-14-7-8-26-18(14)20-10-21-19/h7-8,10-13,15H,4-6,9H2,1-3H3,(H,22,24)/t11-,12+,13+,15+/m0/s1. The van der Waals surface area contributed by atoms with Gasteiger partial charge in [0.05, 0.1) is 5.75 Å². The van der Waals surface area contributed by atoms with Crippen LogP contribution >= 0.6 is 23.1 Å². The van der Waals surface area contributed by atoms with E-state index in [9.17, 15) is 9.59 Å². The number of thiophene rings is 1. The van der Waals surface area contributed by atoms with Gasteiger partial charge in [-0.1, -0.05) is 38.5 Å². The lowest BCUT2D eigenvalue weighted by Gasteiger charge is -2.35. The van der Waals surface area contributed by atoms with Crippen LogP contribution in [-0.4, -0.2) is 39.7 Å². The Kier molecular flexibility index (Phi) is 6.70. The fourth-order valence-electron chi connectivity index (χ4n) is 3.38. The molecular weight excluding hydrogens is 382 g/mol. The molecule has 0 radical (unpaired) electrons. The first kappa shape index (κ1) is 20.1. The van der Waals surface area contributed by atoms with Crippen LogP contribution in [0.3, 0.4) is 0 Å². The number of aromatic nitrogens is 2. The monoisotopic (exact) mass is 407 g/mol. The van der Waals surface area contributed by atoms with Crippen LogP contribution < -0.4 is 5.32 Å². The zero-order valence-corrected chi connectivity index (χ0v) is 17.4. The predicted octanol–water partition coefficient (Wildman–Crippen LogP) is 3.66. The van der Waals surface area contributed by atoms with Gasteiger partial charge in [0.2, 0.25) is 0 Å². The van der Waals surface area contributed by atoms with E-state index in [0.29, 0.717) is 11.8 Å². The van der Waals surface area contributed by atoms with E-state index in [1.165, 1.54) is 35.8 Å². The van der Waals surface area contributed by atoms with E-state index in [4.69, 9.17) is 4.74 Å². The lowest BCUT2D eigenvalue weighted by atomic mass is 9.78. The van der Waals surface area contributed by atoms with E-state index in [2.05, 4.69) is 29.1 Å². The van der Waals surface area contributed by atoms with E-state index in [1.54, 1.807) is 6.92 Å². The molecular formula is C19H25N3O3S2. The van der Waals surface area contributed by atoms with Gasteiger partial charge in [0, 0.05) is 11.4 Å². The van der Waals surface area contributed by atoms with Crippen molar-refractivity contribution in [2.24, 2.45) is 11.8 Å². The normalized spacial score (nSPS) is 23.7. The summed E-state index contributed by atoms with van der Waals surface area (Å²) in [5.41, 5.74) is 0. The van der Waals surface area contributed by atoms with Crippen molar-refractivity contribution in [3.63, 3.8) is 0 Å². The molecule has 0 aromatic carbocycles. The number of thioether (sulfide) groups is 1. The van der Waals surface area contributed by atoms with Crippen molar-refractivity contribution in [1.82, 2.24) is 15.3 Å². The third-order valence-corrected chi connectivity index (χ3v) is 7.06. The average molecular weight is 408 g/mol. The van der Waals surface area contributed by atoms with Crippen LogP contribution in [0.1, 0.15) is 40.0 Å². The maximum atomic E-state index is 12.4. The van der Waals surface area contributed by atoms with E-state index in [-0.39, 0.29) is 17.7 Å². The van der Waals surface area contributed by atoms with Crippen LogP contribution in [0.25, 0.3) is 10.2 Å². The molecule has 1 fully saturated rings. The summed E-state index contributed by atoms with van der Waals surface area (Å²) in [6.07, 6.45) is 4.01. The minimum absolute atomic E-state index is 0.108. The molecule has 0 unspecified atom stereocenters. The maximum Gasteiger partial charge on any atom is 0.317 e. The Morgan fingerprint density at radius 3 is 3.00 bits per heavy atom. The second-order valence-electron chi connectivity index (χ2n) is 7.12. The number of esters is 1. The smallest absolute Gasteiger partial charge is 0.317 e. The highest BCUT2D eigenvalue weighted by molar-refractivity contribution is 8.00. The molecule has 0 saturated heterocycles.